The first-order valence-corrected chi connectivity index (χ1v) is 8.79. The van der Waals surface area contributed by atoms with Gasteiger partial charge in [-0.1, -0.05) is 18.3 Å². The molecule has 1 aliphatic heterocycles. The summed E-state index contributed by atoms with van der Waals surface area (Å²) in [6.07, 6.45) is 3.02. The summed E-state index contributed by atoms with van der Waals surface area (Å²) in [4.78, 5) is 19.8. The molecule has 1 fully saturated rings. The molecule has 1 aromatic heterocycles. The first-order valence-electron chi connectivity index (χ1n) is 6.43. The Kier molecular flexibility index (Phi) is 4.61. The van der Waals surface area contributed by atoms with Crippen LogP contribution in [0, 0.1) is 0 Å². The zero-order valence-corrected chi connectivity index (χ0v) is 12.9. The minimum absolute atomic E-state index is 0.0228. The van der Waals surface area contributed by atoms with E-state index in [1.165, 1.54) is 6.20 Å². The molecule has 0 bridgehead atoms. The van der Waals surface area contributed by atoms with Crippen molar-refractivity contribution in [3.63, 3.8) is 0 Å². The highest BCUT2D eigenvalue weighted by atomic mass is 32.2. The summed E-state index contributed by atoms with van der Waals surface area (Å²) < 4.78 is 22.5. The number of amides is 1. The molecule has 0 aromatic carbocycles. The Morgan fingerprint density at radius 2 is 2.20 bits per heavy atom. The minimum Gasteiger partial charge on any atom is -0.341 e. The SMILES string of the molecule is CCCN1CCCN(c2ncc(S(N)(=O)=O)s2)CC1=O. The molecular weight excluding hydrogens is 300 g/mol. The molecule has 112 valence electrons. The molecule has 1 saturated heterocycles. The standard InChI is InChI=1S/C11H18N4O3S2/c1-2-4-14-5-3-6-15(8-9(14)16)11-13-7-10(19-11)20(12,17)18/h7H,2-6,8H2,1H3,(H2,12,17,18). The molecule has 0 radical (unpaired) electrons. The minimum atomic E-state index is -3.73. The van der Waals surface area contributed by atoms with Gasteiger partial charge >= 0.3 is 0 Å². The van der Waals surface area contributed by atoms with Gasteiger partial charge in [-0.15, -0.1) is 0 Å². The lowest BCUT2D eigenvalue weighted by Gasteiger charge is -2.20. The predicted octanol–water partition coefficient (Wildman–Crippen LogP) is 0.239. The van der Waals surface area contributed by atoms with Crippen LogP contribution in [0.3, 0.4) is 0 Å². The molecule has 2 heterocycles. The fraction of sp³-hybridized carbons (Fsp3) is 0.636. The maximum atomic E-state index is 12.1. The molecule has 0 saturated carbocycles. The van der Waals surface area contributed by atoms with E-state index >= 15 is 0 Å². The van der Waals surface area contributed by atoms with Crippen LogP contribution in [0.2, 0.25) is 0 Å². The van der Waals surface area contributed by atoms with Crippen LogP contribution >= 0.6 is 11.3 Å². The predicted molar refractivity (Wildman–Crippen MR) is 77.2 cm³/mol. The third kappa shape index (κ3) is 3.47. The van der Waals surface area contributed by atoms with E-state index in [9.17, 15) is 13.2 Å². The summed E-state index contributed by atoms with van der Waals surface area (Å²) in [5.41, 5.74) is 0. The third-order valence-electron chi connectivity index (χ3n) is 3.05. The van der Waals surface area contributed by atoms with Crippen LogP contribution in [0.1, 0.15) is 19.8 Å². The van der Waals surface area contributed by atoms with E-state index in [0.717, 1.165) is 37.3 Å². The number of thiazole rings is 1. The quantitative estimate of drug-likeness (QED) is 0.858. The average molecular weight is 318 g/mol. The maximum absolute atomic E-state index is 12.1. The van der Waals surface area contributed by atoms with Crippen LogP contribution in [-0.2, 0) is 14.8 Å². The van der Waals surface area contributed by atoms with Gasteiger partial charge in [-0.2, -0.15) is 0 Å². The van der Waals surface area contributed by atoms with Crippen molar-refractivity contribution < 1.29 is 13.2 Å². The van der Waals surface area contributed by atoms with Crippen molar-refractivity contribution in [3.05, 3.63) is 6.20 Å². The molecule has 2 N–H and O–H groups in total. The molecule has 2 rings (SSSR count). The third-order valence-corrected chi connectivity index (χ3v) is 5.52. The normalized spacial score (nSPS) is 17.4. The summed E-state index contributed by atoms with van der Waals surface area (Å²) in [6, 6.07) is 0. The van der Waals surface area contributed by atoms with Crippen molar-refractivity contribution in [1.82, 2.24) is 9.88 Å². The summed E-state index contributed by atoms with van der Waals surface area (Å²) in [6.45, 7) is 4.44. The zero-order valence-electron chi connectivity index (χ0n) is 11.3. The number of sulfonamides is 1. The van der Waals surface area contributed by atoms with Gasteiger partial charge in [0.1, 0.15) is 0 Å². The second-order valence-corrected chi connectivity index (χ2v) is 7.46. The molecule has 1 aromatic rings. The van der Waals surface area contributed by atoms with Gasteiger partial charge in [-0.3, -0.25) is 4.79 Å². The van der Waals surface area contributed by atoms with Gasteiger partial charge in [0.05, 0.1) is 12.7 Å². The number of rotatable bonds is 4. The van der Waals surface area contributed by atoms with Crippen LogP contribution in [0.4, 0.5) is 5.13 Å². The molecule has 0 unspecified atom stereocenters. The van der Waals surface area contributed by atoms with Gasteiger partial charge < -0.3 is 9.80 Å². The zero-order chi connectivity index (χ0) is 14.8. The summed E-state index contributed by atoms with van der Waals surface area (Å²) in [5, 5.41) is 5.60. The number of anilines is 1. The molecule has 20 heavy (non-hydrogen) atoms. The van der Waals surface area contributed by atoms with Crippen molar-refractivity contribution in [2.45, 2.75) is 24.0 Å². The van der Waals surface area contributed by atoms with E-state index in [4.69, 9.17) is 5.14 Å². The van der Waals surface area contributed by atoms with Gasteiger partial charge in [-0.25, -0.2) is 18.5 Å². The van der Waals surface area contributed by atoms with E-state index in [1.54, 1.807) is 0 Å². The van der Waals surface area contributed by atoms with Crippen LogP contribution in [-0.4, -0.2) is 50.4 Å². The van der Waals surface area contributed by atoms with E-state index in [0.29, 0.717) is 11.7 Å². The van der Waals surface area contributed by atoms with Crippen LogP contribution in [0.25, 0.3) is 0 Å². The van der Waals surface area contributed by atoms with E-state index < -0.39 is 10.0 Å². The number of carbonyl (C=O) groups is 1. The molecule has 0 spiro atoms. The van der Waals surface area contributed by atoms with Gasteiger partial charge in [-0.05, 0) is 12.8 Å². The molecule has 1 aliphatic rings. The Balaban J connectivity index is 2.13. The molecular formula is C11H18N4O3S2. The van der Waals surface area contributed by atoms with Gasteiger partial charge in [0.15, 0.2) is 9.34 Å². The Hall–Kier alpha value is -1.19. The lowest BCUT2D eigenvalue weighted by atomic mass is 10.3. The number of hydrogen-bond acceptors (Lipinski definition) is 6. The summed E-state index contributed by atoms with van der Waals surface area (Å²) >= 11 is 1.00. The van der Waals surface area contributed by atoms with Crippen LogP contribution < -0.4 is 10.0 Å². The molecule has 1 amide bonds. The topological polar surface area (TPSA) is 96.6 Å². The van der Waals surface area contributed by atoms with Crippen molar-refractivity contribution in [2.75, 3.05) is 31.1 Å². The monoisotopic (exact) mass is 318 g/mol. The van der Waals surface area contributed by atoms with Gasteiger partial charge in [0.25, 0.3) is 0 Å². The molecule has 7 nitrogen and oxygen atoms in total. The Morgan fingerprint density at radius 3 is 2.80 bits per heavy atom. The highest BCUT2D eigenvalue weighted by Crippen LogP contribution is 2.26. The van der Waals surface area contributed by atoms with Crippen LogP contribution in [0.5, 0.6) is 0 Å². The van der Waals surface area contributed by atoms with E-state index in [1.807, 2.05) is 16.7 Å². The number of primary sulfonamides is 1. The van der Waals surface area contributed by atoms with Crippen molar-refractivity contribution >= 4 is 32.4 Å². The van der Waals surface area contributed by atoms with Crippen molar-refractivity contribution in [3.8, 4) is 0 Å². The number of aromatic nitrogens is 1. The lowest BCUT2D eigenvalue weighted by molar-refractivity contribution is -0.129. The van der Waals surface area contributed by atoms with Crippen molar-refractivity contribution in [1.29, 1.82) is 0 Å². The molecule has 0 aliphatic carbocycles. The largest absolute Gasteiger partial charge is 0.341 e. The highest BCUT2D eigenvalue weighted by Gasteiger charge is 2.24. The second kappa shape index (κ2) is 6.06. The number of hydrogen-bond donors (Lipinski definition) is 1. The van der Waals surface area contributed by atoms with E-state index in [-0.39, 0.29) is 16.7 Å². The summed E-state index contributed by atoms with van der Waals surface area (Å²) in [7, 11) is -3.73. The molecule has 9 heteroatoms. The highest BCUT2D eigenvalue weighted by molar-refractivity contribution is 7.91. The fourth-order valence-corrected chi connectivity index (χ4v) is 3.68. The summed E-state index contributed by atoms with van der Waals surface area (Å²) in [5.74, 6) is 0.0525. The Labute approximate surface area is 122 Å². The van der Waals surface area contributed by atoms with Gasteiger partial charge in [0, 0.05) is 19.6 Å². The van der Waals surface area contributed by atoms with E-state index in [2.05, 4.69) is 4.98 Å². The van der Waals surface area contributed by atoms with Crippen molar-refractivity contribution in [2.24, 2.45) is 5.14 Å². The Morgan fingerprint density at radius 1 is 1.45 bits per heavy atom. The van der Waals surface area contributed by atoms with Gasteiger partial charge in [0.2, 0.25) is 15.9 Å². The lowest BCUT2D eigenvalue weighted by Crippen LogP contribution is -2.37. The fourth-order valence-electron chi connectivity index (χ4n) is 2.12. The first-order chi connectivity index (χ1) is 9.41. The first kappa shape index (κ1) is 15.2. The second-order valence-electron chi connectivity index (χ2n) is 4.66. The number of carbonyl (C=O) groups excluding carboxylic acids is 1. The maximum Gasteiger partial charge on any atom is 0.249 e. The smallest absolute Gasteiger partial charge is 0.249 e. The average Bonchev–Trinajstić information content (AvgIpc) is 2.79. The Bertz CT molecular complexity index is 584. The molecule has 0 atom stereocenters. The number of nitrogens with two attached hydrogens (primary N) is 1. The van der Waals surface area contributed by atoms with Crippen LogP contribution in [0.15, 0.2) is 10.4 Å². The number of nitrogens with zero attached hydrogens (tertiary/aromatic N) is 3.